The number of H-pyrrole nitrogens is 1. The van der Waals surface area contributed by atoms with Gasteiger partial charge < -0.3 is 15.6 Å². The first-order valence-electron chi connectivity index (χ1n) is 11.4. The van der Waals surface area contributed by atoms with E-state index >= 15 is 0 Å². The predicted octanol–water partition coefficient (Wildman–Crippen LogP) is 5.54. The van der Waals surface area contributed by atoms with Crippen molar-refractivity contribution in [1.82, 2.24) is 15.0 Å². The van der Waals surface area contributed by atoms with Crippen LogP contribution in [0.4, 0.5) is 15.9 Å². The third-order valence-electron chi connectivity index (χ3n) is 6.12. The Hall–Kier alpha value is -4.07. The minimum absolute atomic E-state index is 0.0949. The topological polar surface area (TPSA) is 99.8 Å². The van der Waals surface area contributed by atoms with Crippen LogP contribution in [0.3, 0.4) is 0 Å². The van der Waals surface area contributed by atoms with E-state index in [9.17, 15) is 14.0 Å². The largest absolute Gasteiger partial charge is 0.337 e. The van der Waals surface area contributed by atoms with Gasteiger partial charge in [-0.25, -0.2) is 14.4 Å². The molecule has 0 spiro atoms. The van der Waals surface area contributed by atoms with E-state index in [0.29, 0.717) is 22.7 Å². The van der Waals surface area contributed by atoms with E-state index in [4.69, 9.17) is 0 Å². The lowest BCUT2D eigenvalue weighted by Gasteiger charge is -2.20. The smallest absolute Gasteiger partial charge is 0.256 e. The number of fused-ring (bicyclic) bond motifs is 1. The maximum absolute atomic E-state index is 13.1. The van der Waals surface area contributed by atoms with Crippen molar-refractivity contribution in [2.24, 2.45) is 5.92 Å². The van der Waals surface area contributed by atoms with E-state index in [-0.39, 0.29) is 17.7 Å². The van der Waals surface area contributed by atoms with Gasteiger partial charge in [0.05, 0.1) is 17.2 Å². The van der Waals surface area contributed by atoms with Crippen LogP contribution in [-0.2, 0) is 4.79 Å². The number of anilines is 2. The highest BCUT2D eigenvalue weighted by atomic mass is 19.1. The van der Waals surface area contributed by atoms with E-state index in [1.165, 1.54) is 30.7 Å². The van der Waals surface area contributed by atoms with E-state index in [2.05, 4.69) is 25.6 Å². The Morgan fingerprint density at radius 1 is 0.941 bits per heavy atom. The third-order valence-corrected chi connectivity index (χ3v) is 6.12. The molecule has 0 saturated heterocycles. The van der Waals surface area contributed by atoms with Crippen molar-refractivity contribution in [2.45, 2.75) is 32.1 Å². The van der Waals surface area contributed by atoms with Crippen LogP contribution in [0.5, 0.6) is 0 Å². The summed E-state index contributed by atoms with van der Waals surface area (Å²) in [5, 5.41) is 5.72. The van der Waals surface area contributed by atoms with Gasteiger partial charge >= 0.3 is 0 Å². The van der Waals surface area contributed by atoms with Crippen LogP contribution in [0.1, 0.15) is 42.5 Å². The van der Waals surface area contributed by atoms with Gasteiger partial charge in [0.1, 0.15) is 17.5 Å². The second-order valence-corrected chi connectivity index (χ2v) is 8.53. The number of aromatic nitrogens is 3. The van der Waals surface area contributed by atoms with Gasteiger partial charge in [-0.2, -0.15) is 0 Å². The third kappa shape index (κ3) is 4.80. The molecule has 1 fully saturated rings. The number of carbonyl (C=O) groups excluding carboxylic acids is 2. The van der Waals surface area contributed by atoms with E-state index < -0.39 is 5.82 Å². The summed E-state index contributed by atoms with van der Waals surface area (Å²) in [6.07, 6.45) is 6.98. The molecule has 0 unspecified atom stereocenters. The summed E-state index contributed by atoms with van der Waals surface area (Å²) in [7, 11) is 0. The van der Waals surface area contributed by atoms with Crippen LogP contribution >= 0.6 is 0 Å². The van der Waals surface area contributed by atoms with Crippen LogP contribution in [-0.4, -0.2) is 26.8 Å². The maximum atomic E-state index is 13.1. The van der Waals surface area contributed by atoms with Gasteiger partial charge in [-0.3, -0.25) is 9.59 Å². The van der Waals surface area contributed by atoms with Gasteiger partial charge in [-0.15, -0.1) is 0 Å². The van der Waals surface area contributed by atoms with Crippen molar-refractivity contribution >= 4 is 34.4 Å². The van der Waals surface area contributed by atoms with E-state index in [1.807, 2.05) is 24.3 Å². The number of imidazole rings is 1. The van der Waals surface area contributed by atoms with Gasteiger partial charge in [0.25, 0.3) is 5.91 Å². The number of halogens is 1. The number of nitrogens with zero attached hydrogens (tertiary/aromatic N) is 2. The second-order valence-electron chi connectivity index (χ2n) is 8.53. The number of hydrogen-bond donors (Lipinski definition) is 3. The Balaban J connectivity index is 1.28. The van der Waals surface area contributed by atoms with Crippen molar-refractivity contribution in [2.75, 3.05) is 10.6 Å². The van der Waals surface area contributed by atoms with Crippen molar-refractivity contribution in [3.05, 3.63) is 72.2 Å². The molecule has 2 aromatic heterocycles. The summed E-state index contributed by atoms with van der Waals surface area (Å²) in [6, 6.07) is 14.5. The number of amides is 2. The highest BCUT2D eigenvalue weighted by Crippen LogP contribution is 2.26. The van der Waals surface area contributed by atoms with Gasteiger partial charge in [0, 0.05) is 28.8 Å². The lowest BCUT2D eigenvalue weighted by Crippen LogP contribution is -2.24. The molecule has 172 valence electrons. The van der Waals surface area contributed by atoms with Crippen LogP contribution < -0.4 is 10.6 Å². The van der Waals surface area contributed by atoms with Crippen LogP contribution in [0.15, 0.2) is 60.8 Å². The average Bonchev–Trinajstić information content (AvgIpc) is 3.29. The zero-order valence-corrected chi connectivity index (χ0v) is 18.5. The van der Waals surface area contributed by atoms with Crippen molar-refractivity contribution in [1.29, 1.82) is 0 Å². The molecule has 1 aliphatic rings. The second kappa shape index (κ2) is 9.43. The standard InChI is InChI=1S/C26H24FN5O2/c27-19-10-6-18(7-11-19)26(34)32-23-14-21-22(15-28-23)31-24(30-21)16-8-12-20(13-9-16)29-25(33)17-4-2-1-3-5-17/h6-15,17H,1-5H2,(H,29,33)(H,30,31)(H,28,32,34). The first kappa shape index (κ1) is 21.8. The predicted molar refractivity (Wildman–Crippen MR) is 129 cm³/mol. The molecular formula is C26H24FN5O2. The van der Waals surface area contributed by atoms with Crippen molar-refractivity contribution in [3.63, 3.8) is 0 Å². The summed E-state index contributed by atoms with van der Waals surface area (Å²) >= 11 is 0. The maximum Gasteiger partial charge on any atom is 0.256 e. The Morgan fingerprint density at radius 3 is 2.41 bits per heavy atom. The first-order valence-corrected chi connectivity index (χ1v) is 11.4. The molecule has 2 amide bonds. The number of aromatic amines is 1. The highest BCUT2D eigenvalue weighted by molar-refractivity contribution is 6.04. The lowest BCUT2D eigenvalue weighted by molar-refractivity contribution is -0.120. The fourth-order valence-corrected chi connectivity index (χ4v) is 4.22. The number of benzene rings is 2. The van der Waals surface area contributed by atoms with E-state index in [0.717, 1.165) is 42.5 Å². The van der Waals surface area contributed by atoms with Crippen molar-refractivity contribution in [3.8, 4) is 11.4 Å². The molecule has 4 aromatic rings. The zero-order chi connectivity index (χ0) is 23.5. The molecule has 7 nitrogen and oxygen atoms in total. The van der Waals surface area contributed by atoms with Gasteiger partial charge in [0.15, 0.2) is 0 Å². The number of carbonyl (C=O) groups is 2. The van der Waals surface area contributed by atoms with Crippen LogP contribution in [0, 0.1) is 11.7 Å². The Kier molecular flexibility index (Phi) is 6.03. The average molecular weight is 458 g/mol. The van der Waals surface area contributed by atoms with Crippen molar-refractivity contribution < 1.29 is 14.0 Å². The molecule has 5 rings (SSSR count). The molecule has 34 heavy (non-hydrogen) atoms. The fourth-order valence-electron chi connectivity index (χ4n) is 4.22. The molecular weight excluding hydrogens is 433 g/mol. The van der Waals surface area contributed by atoms with Gasteiger partial charge in [-0.05, 0) is 61.4 Å². The summed E-state index contributed by atoms with van der Waals surface area (Å²) in [4.78, 5) is 36.9. The number of hydrogen-bond acceptors (Lipinski definition) is 4. The molecule has 0 aliphatic heterocycles. The SMILES string of the molecule is O=C(Nc1cc2nc(-c3ccc(NC(=O)C4CCCCC4)cc3)[nH]c2cn1)c1ccc(F)cc1. The summed E-state index contributed by atoms with van der Waals surface area (Å²) in [5.41, 5.74) is 3.34. The quantitative estimate of drug-likeness (QED) is 0.367. The summed E-state index contributed by atoms with van der Waals surface area (Å²) in [5.74, 6) is 0.421. The minimum Gasteiger partial charge on any atom is -0.337 e. The van der Waals surface area contributed by atoms with E-state index in [1.54, 1.807) is 12.3 Å². The number of pyridine rings is 1. The van der Waals surface area contributed by atoms with Gasteiger partial charge in [0.2, 0.25) is 5.91 Å². The summed E-state index contributed by atoms with van der Waals surface area (Å²) < 4.78 is 13.1. The molecule has 2 heterocycles. The normalized spacial score (nSPS) is 14.1. The number of nitrogens with one attached hydrogen (secondary N) is 3. The molecule has 0 bridgehead atoms. The minimum atomic E-state index is -0.403. The fraction of sp³-hybridized carbons (Fsp3) is 0.231. The molecule has 1 aliphatic carbocycles. The van der Waals surface area contributed by atoms with Crippen LogP contribution in [0.2, 0.25) is 0 Å². The Bertz CT molecular complexity index is 1330. The first-order chi connectivity index (χ1) is 16.5. The molecule has 0 radical (unpaired) electrons. The molecule has 2 aromatic carbocycles. The zero-order valence-electron chi connectivity index (χ0n) is 18.5. The lowest BCUT2D eigenvalue weighted by atomic mass is 9.88. The number of rotatable bonds is 5. The monoisotopic (exact) mass is 457 g/mol. The molecule has 8 heteroatoms. The molecule has 0 atom stereocenters. The molecule has 1 saturated carbocycles. The molecule has 3 N–H and O–H groups in total. The summed E-state index contributed by atoms with van der Waals surface area (Å²) in [6.45, 7) is 0. The Morgan fingerprint density at radius 2 is 1.68 bits per heavy atom. The van der Waals surface area contributed by atoms with Crippen LogP contribution in [0.25, 0.3) is 22.4 Å². The Labute approximate surface area is 195 Å². The van der Waals surface area contributed by atoms with Gasteiger partial charge in [-0.1, -0.05) is 19.3 Å². The highest BCUT2D eigenvalue weighted by Gasteiger charge is 2.21.